The van der Waals surface area contributed by atoms with Gasteiger partial charge in [-0.15, -0.1) is 0 Å². The maximum atomic E-state index is 12.8. The molecule has 0 unspecified atom stereocenters. The number of hydrogen-bond donors (Lipinski definition) is 2. The van der Waals surface area contributed by atoms with Crippen molar-refractivity contribution in [1.82, 2.24) is 15.6 Å². The van der Waals surface area contributed by atoms with Crippen LogP contribution in [0, 0.1) is 0 Å². The number of ether oxygens (including phenoxy) is 1. The minimum Gasteiger partial charge on any atom is -0.497 e. The van der Waals surface area contributed by atoms with E-state index >= 15 is 0 Å². The molecule has 1 fully saturated rings. The van der Waals surface area contributed by atoms with E-state index in [1.165, 1.54) is 0 Å². The van der Waals surface area contributed by atoms with Crippen molar-refractivity contribution in [3.05, 3.63) is 48.3 Å². The molecule has 1 aliphatic heterocycles. The van der Waals surface area contributed by atoms with Crippen LogP contribution in [0.3, 0.4) is 0 Å². The van der Waals surface area contributed by atoms with Gasteiger partial charge in [0.1, 0.15) is 5.75 Å². The van der Waals surface area contributed by atoms with Gasteiger partial charge >= 0.3 is 0 Å². The second kappa shape index (κ2) is 7.31. The van der Waals surface area contributed by atoms with E-state index in [0.717, 1.165) is 29.7 Å². The van der Waals surface area contributed by atoms with E-state index in [1.54, 1.807) is 19.5 Å². The number of methoxy groups -OCH3 is 1. The topological polar surface area (TPSA) is 63.2 Å². The van der Waals surface area contributed by atoms with E-state index in [2.05, 4.69) is 43.3 Å². The Kier molecular flexibility index (Phi) is 5.24. The fraction of sp³-hybridized carbons (Fsp3) is 0.455. The lowest BCUT2D eigenvalue weighted by molar-refractivity contribution is 0.0873. The molecule has 1 amide bonds. The Balaban J connectivity index is 1.75. The van der Waals surface area contributed by atoms with E-state index < -0.39 is 0 Å². The first kappa shape index (κ1) is 19.4. The number of piperidine rings is 1. The highest BCUT2D eigenvalue weighted by molar-refractivity contribution is 5.95. The fourth-order valence-electron chi connectivity index (χ4n) is 4.20. The number of carbonyl (C=O) groups is 1. The molecule has 0 saturated carbocycles. The minimum atomic E-state index is -0.0728. The predicted octanol–water partition coefficient (Wildman–Crippen LogP) is 3.80. The van der Waals surface area contributed by atoms with Crippen molar-refractivity contribution in [3.8, 4) is 16.9 Å². The molecule has 0 bridgehead atoms. The summed E-state index contributed by atoms with van der Waals surface area (Å²) in [4.78, 5) is 17.1. The molecule has 5 heteroatoms. The highest BCUT2D eigenvalue weighted by Crippen LogP contribution is 2.29. The van der Waals surface area contributed by atoms with Crippen LogP contribution in [-0.2, 0) is 0 Å². The van der Waals surface area contributed by atoms with Crippen LogP contribution in [0.2, 0.25) is 0 Å². The molecule has 0 atom stereocenters. The second-order valence-electron chi connectivity index (χ2n) is 8.66. The van der Waals surface area contributed by atoms with E-state index in [-0.39, 0.29) is 23.0 Å². The third-order valence-corrected chi connectivity index (χ3v) is 4.95. The van der Waals surface area contributed by atoms with Crippen LogP contribution in [0.1, 0.15) is 50.9 Å². The lowest BCUT2D eigenvalue weighted by atomic mass is 9.79. The lowest BCUT2D eigenvalue weighted by Gasteiger charge is -2.46. The number of pyridine rings is 1. The molecule has 0 radical (unpaired) electrons. The summed E-state index contributed by atoms with van der Waals surface area (Å²) in [6, 6.07) is 9.77. The Morgan fingerprint density at radius 2 is 1.70 bits per heavy atom. The van der Waals surface area contributed by atoms with Gasteiger partial charge in [-0.3, -0.25) is 9.78 Å². The number of rotatable bonds is 4. The van der Waals surface area contributed by atoms with Crippen LogP contribution < -0.4 is 15.4 Å². The lowest BCUT2D eigenvalue weighted by Crippen LogP contribution is -2.62. The molecule has 3 rings (SSSR count). The molecule has 1 aliphatic rings. The quantitative estimate of drug-likeness (QED) is 0.863. The molecule has 1 aromatic carbocycles. The Morgan fingerprint density at radius 1 is 1.07 bits per heavy atom. The van der Waals surface area contributed by atoms with Gasteiger partial charge in [0.25, 0.3) is 5.91 Å². The average Bonchev–Trinajstić information content (AvgIpc) is 2.59. The molecule has 0 spiro atoms. The third kappa shape index (κ3) is 4.86. The highest BCUT2D eigenvalue weighted by Gasteiger charge is 2.38. The van der Waals surface area contributed by atoms with Crippen LogP contribution >= 0.6 is 0 Å². The molecular weight excluding hydrogens is 338 g/mol. The largest absolute Gasteiger partial charge is 0.497 e. The van der Waals surface area contributed by atoms with Gasteiger partial charge in [-0.05, 0) is 64.3 Å². The summed E-state index contributed by atoms with van der Waals surface area (Å²) in [7, 11) is 1.64. The van der Waals surface area contributed by atoms with Crippen molar-refractivity contribution in [1.29, 1.82) is 0 Å². The molecule has 2 aromatic rings. The first-order valence-electron chi connectivity index (χ1n) is 9.37. The predicted molar refractivity (Wildman–Crippen MR) is 108 cm³/mol. The summed E-state index contributed by atoms with van der Waals surface area (Å²) in [6.07, 6.45) is 5.19. The van der Waals surface area contributed by atoms with Crippen LogP contribution in [0.4, 0.5) is 0 Å². The van der Waals surface area contributed by atoms with Crippen molar-refractivity contribution in [3.63, 3.8) is 0 Å². The zero-order valence-electron chi connectivity index (χ0n) is 16.8. The Hall–Kier alpha value is -2.40. The fourth-order valence-corrected chi connectivity index (χ4v) is 4.20. The first-order valence-corrected chi connectivity index (χ1v) is 9.37. The minimum absolute atomic E-state index is 0.0110. The van der Waals surface area contributed by atoms with E-state index in [4.69, 9.17) is 4.74 Å². The monoisotopic (exact) mass is 367 g/mol. The molecule has 1 saturated heterocycles. The Bertz CT molecular complexity index is 797. The van der Waals surface area contributed by atoms with Crippen molar-refractivity contribution >= 4 is 5.91 Å². The van der Waals surface area contributed by atoms with Gasteiger partial charge in [0.05, 0.1) is 12.7 Å². The Labute approximate surface area is 161 Å². The number of carbonyl (C=O) groups excluding carboxylic acids is 1. The van der Waals surface area contributed by atoms with E-state index in [1.807, 2.05) is 30.3 Å². The number of nitrogens with one attached hydrogen (secondary N) is 2. The van der Waals surface area contributed by atoms with Gasteiger partial charge < -0.3 is 15.4 Å². The van der Waals surface area contributed by atoms with Gasteiger partial charge in [0, 0.05) is 35.1 Å². The second-order valence-corrected chi connectivity index (χ2v) is 8.66. The molecule has 144 valence electrons. The summed E-state index contributed by atoms with van der Waals surface area (Å²) < 4.78 is 5.20. The maximum absolute atomic E-state index is 12.8. The number of benzene rings is 1. The zero-order valence-corrected chi connectivity index (χ0v) is 16.8. The van der Waals surface area contributed by atoms with Gasteiger partial charge in [0.2, 0.25) is 0 Å². The van der Waals surface area contributed by atoms with Crippen molar-refractivity contribution in [2.75, 3.05) is 7.11 Å². The van der Waals surface area contributed by atoms with Gasteiger partial charge in [-0.25, -0.2) is 0 Å². The molecule has 2 N–H and O–H groups in total. The Morgan fingerprint density at radius 3 is 2.30 bits per heavy atom. The van der Waals surface area contributed by atoms with Crippen molar-refractivity contribution in [2.45, 2.75) is 57.7 Å². The standard InChI is InChI=1S/C22H29N3O2/c1-21(2)11-18(12-22(3,4)25-21)24-20(26)17-10-16(13-23-14-17)15-6-8-19(27-5)9-7-15/h6-10,13-14,18,25H,11-12H2,1-5H3,(H,24,26). The van der Waals surface area contributed by atoms with E-state index in [9.17, 15) is 4.79 Å². The summed E-state index contributed by atoms with van der Waals surface area (Å²) in [5, 5.41) is 6.85. The van der Waals surface area contributed by atoms with Gasteiger partial charge in [-0.1, -0.05) is 12.1 Å². The molecule has 0 aliphatic carbocycles. The molecule has 5 nitrogen and oxygen atoms in total. The highest BCUT2D eigenvalue weighted by atomic mass is 16.5. The van der Waals surface area contributed by atoms with Crippen LogP contribution in [-0.4, -0.2) is 35.1 Å². The maximum Gasteiger partial charge on any atom is 0.253 e. The smallest absolute Gasteiger partial charge is 0.253 e. The summed E-state index contributed by atoms with van der Waals surface area (Å²) in [5.74, 6) is 0.730. The summed E-state index contributed by atoms with van der Waals surface area (Å²) in [6.45, 7) is 8.72. The van der Waals surface area contributed by atoms with Crippen molar-refractivity contribution < 1.29 is 9.53 Å². The number of amides is 1. The number of hydrogen-bond acceptors (Lipinski definition) is 4. The van der Waals surface area contributed by atoms with Gasteiger partial charge in [-0.2, -0.15) is 0 Å². The SMILES string of the molecule is COc1ccc(-c2cncc(C(=O)NC3CC(C)(C)NC(C)(C)C3)c2)cc1. The van der Waals surface area contributed by atoms with Crippen LogP contribution in [0.5, 0.6) is 5.75 Å². The van der Waals surface area contributed by atoms with Crippen LogP contribution in [0.25, 0.3) is 11.1 Å². The average molecular weight is 367 g/mol. The summed E-state index contributed by atoms with van der Waals surface area (Å²) >= 11 is 0. The van der Waals surface area contributed by atoms with Crippen molar-refractivity contribution in [2.24, 2.45) is 0 Å². The number of aromatic nitrogens is 1. The first-order chi connectivity index (χ1) is 12.7. The zero-order chi connectivity index (χ0) is 19.7. The van der Waals surface area contributed by atoms with Crippen LogP contribution in [0.15, 0.2) is 42.7 Å². The van der Waals surface area contributed by atoms with E-state index in [0.29, 0.717) is 5.56 Å². The molecule has 27 heavy (non-hydrogen) atoms. The normalized spacial score (nSPS) is 18.7. The number of nitrogens with zero attached hydrogens (tertiary/aromatic N) is 1. The molecule has 1 aromatic heterocycles. The third-order valence-electron chi connectivity index (χ3n) is 4.95. The molecule has 2 heterocycles. The molecular formula is C22H29N3O2. The summed E-state index contributed by atoms with van der Waals surface area (Å²) in [5.41, 5.74) is 2.47. The van der Waals surface area contributed by atoms with Gasteiger partial charge in [0.15, 0.2) is 0 Å².